The summed E-state index contributed by atoms with van der Waals surface area (Å²) >= 11 is 0. The molecule has 26 heavy (non-hydrogen) atoms. The van der Waals surface area contributed by atoms with Crippen molar-refractivity contribution in [2.75, 3.05) is 11.4 Å². The van der Waals surface area contributed by atoms with Crippen molar-refractivity contribution in [3.63, 3.8) is 0 Å². The highest BCUT2D eigenvalue weighted by atomic mass is 16.2. The fourth-order valence-corrected chi connectivity index (χ4v) is 3.26. The second-order valence-corrected chi connectivity index (χ2v) is 6.43. The van der Waals surface area contributed by atoms with E-state index in [4.69, 9.17) is 0 Å². The van der Waals surface area contributed by atoms with Gasteiger partial charge >= 0.3 is 0 Å². The van der Waals surface area contributed by atoms with Gasteiger partial charge in [0.2, 0.25) is 5.91 Å². The van der Waals surface area contributed by atoms with Crippen molar-refractivity contribution in [3.05, 3.63) is 66.1 Å². The van der Waals surface area contributed by atoms with Gasteiger partial charge in [0.15, 0.2) is 0 Å². The maximum absolute atomic E-state index is 11.8. The molecule has 3 aromatic rings. The first-order valence-corrected chi connectivity index (χ1v) is 8.84. The Kier molecular flexibility index (Phi) is 4.75. The Balaban J connectivity index is 1.36. The van der Waals surface area contributed by atoms with E-state index in [0.717, 1.165) is 42.0 Å². The quantitative estimate of drug-likeness (QED) is 0.719. The summed E-state index contributed by atoms with van der Waals surface area (Å²) in [6.07, 6.45) is 7.04. The molecule has 132 valence electrons. The lowest BCUT2D eigenvalue weighted by Crippen LogP contribution is -2.23. The molecule has 1 saturated heterocycles. The highest BCUT2D eigenvalue weighted by Gasteiger charge is 2.21. The van der Waals surface area contributed by atoms with Gasteiger partial charge in [0.1, 0.15) is 0 Å². The number of H-pyrrole nitrogens is 1. The number of carbonyl (C=O) groups excluding carboxylic acids is 1. The van der Waals surface area contributed by atoms with Crippen LogP contribution in [0.1, 0.15) is 24.0 Å². The third kappa shape index (κ3) is 3.50. The van der Waals surface area contributed by atoms with Gasteiger partial charge in [0.25, 0.3) is 0 Å². The molecule has 2 aromatic heterocycles. The standard InChI is InChI=1S/C20H21N5O/c26-19-4-2-10-25(19)18-7-5-15(6-8-18)11-22-13-17-14-23-24-20(17)16-3-1-9-21-12-16/h1,3,5-9,12,14,22H,2,4,10-11,13H2,(H,23,24). The van der Waals surface area contributed by atoms with Crippen LogP contribution in [0.5, 0.6) is 0 Å². The molecule has 1 fully saturated rings. The molecule has 0 spiro atoms. The number of benzene rings is 1. The third-order valence-corrected chi connectivity index (χ3v) is 4.63. The number of carbonyl (C=O) groups is 1. The number of pyridine rings is 1. The molecule has 1 aliphatic heterocycles. The molecule has 6 heteroatoms. The van der Waals surface area contributed by atoms with Crippen LogP contribution in [0.4, 0.5) is 5.69 Å². The number of anilines is 1. The van der Waals surface area contributed by atoms with Crippen molar-refractivity contribution >= 4 is 11.6 Å². The first kappa shape index (κ1) is 16.5. The van der Waals surface area contributed by atoms with E-state index < -0.39 is 0 Å². The monoisotopic (exact) mass is 347 g/mol. The third-order valence-electron chi connectivity index (χ3n) is 4.63. The maximum atomic E-state index is 11.8. The molecule has 6 nitrogen and oxygen atoms in total. The Morgan fingerprint density at radius 2 is 2.00 bits per heavy atom. The lowest BCUT2D eigenvalue weighted by molar-refractivity contribution is -0.117. The largest absolute Gasteiger partial charge is 0.312 e. The van der Waals surface area contributed by atoms with Gasteiger partial charge < -0.3 is 10.2 Å². The average molecular weight is 347 g/mol. The lowest BCUT2D eigenvalue weighted by Gasteiger charge is -2.16. The van der Waals surface area contributed by atoms with E-state index in [-0.39, 0.29) is 5.91 Å². The Morgan fingerprint density at radius 3 is 2.73 bits per heavy atom. The van der Waals surface area contributed by atoms with Gasteiger partial charge in [0.05, 0.1) is 11.9 Å². The van der Waals surface area contributed by atoms with Gasteiger partial charge in [-0.05, 0) is 36.2 Å². The fraction of sp³-hybridized carbons (Fsp3) is 0.250. The predicted octanol–water partition coefficient (Wildman–Crippen LogP) is 2.89. The summed E-state index contributed by atoms with van der Waals surface area (Å²) in [5, 5.41) is 10.7. The second-order valence-electron chi connectivity index (χ2n) is 6.43. The number of hydrogen-bond donors (Lipinski definition) is 2. The topological polar surface area (TPSA) is 73.9 Å². The predicted molar refractivity (Wildman–Crippen MR) is 100 cm³/mol. The molecule has 4 rings (SSSR count). The Hall–Kier alpha value is -2.99. The molecular formula is C20H21N5O. The van der Waals surface area contributed by atoms with Crippen LogP contribution >= 0.6 is 0 Å². The number of nitrogens with zero attached hydrogens (tertiary/aromatic N) is 3. The van der Waals surface area contributed by atoms with Crippen LogP contribution in [0, 0.1) is 0 Å². The zero-order chi connectivity index (χ0) is 17.8. The summed E-state index contributed by atoms with van der Waals surface area (Å²) in [7, 11) is 0. The lowest BCUT2D eigenvalue weighted by atomic mass is 10.1. The molecule has 1 aromatic carbocycles. The fourth-order valence-electron chi connectivity index (χ4n) is 3.26. The van der Waals surface area contributed by atoms with Crippen molar-refractivity contribution in [2.24, 2.45) is 0 Å². The molecule has 0 radical (unpaired) electrons. The SMILES string of the molecule is O=C1CCCN1c1ccc(CNCc2cn[nH]c2-c2cccnc2)cc1. The van der Waals surface area contributed by atoms with Gasteiger partial charge in [-0.3, -0.25) is 14.9 Å². The molecule has 0 atom stereocenters. The minimum absolute atomic E-state index is 0.221. The molecule has 3 heterocycles. The van der Waals surface area contributed by atoms with E-state index >= 15 is 0 Å². The van der Waals surface area contributed by atoms with Gasteiger partial charge in [0, 0.05) is 55.3 Å². The minimum atomic E-state index is 0.221. The first-order chi connectivity index (χ1) is 12.8. The van der Waals surface area contributed by atoms with Crippen LogP contribution < -0.4 is 10.2 Å². The van der Waals surface area contributed by atoms with Crippen molar-refractivity contribution in [2.45, 2.75) is 25.9 Å². The van der Waals surface area contributed by atoms with E-state index in [2.05, 4.69) is 32.6 Å². The van der Waals surface area contributed by atoms with Gasteiger partial charge in [-0.25, -0.2) is 0 Å². The van der Waals surface area contributed by atoms with Gasteiger partial charge in [-0.2, -0.15) is 5.10 Å². The number of hydrogen-bond acceptors (Lipinski definition) is 4. The van der Waals surface area contributed by atoms with Crippen molar-refractivity contribution in [3.8, 4) is 11.3 Å². The molecule has 1 aliphatic rings. The average Bonchev–Trinajstić information content (AvgIpc) is 3.32. The number of rotatable bonds is 6. The maximum Gasteiger partial charge on any atom is 0.227 e. The van der Waals surface area contributed by atoms with Crippen LogP contribution in [-0.4, -0.2) is 27.6 Å². The minimum Gasteiger partial charge on any atom is -0.312 e. The Bertz CT molecular complexity index is 873. The molecule has 2 N–H and O–H groups in total. The second kappa shape index (κ2) is 7.49. The summed E-state index contributed by atoms with van der Waals surface area (Å²) in [4.78, 5) is 17.8. The summed E-state index contributed by atoms with van der Waals surface area (Å²) in [6, 6.07) is 12.1. The highest BCUT2D eigenvalue weighted by Crippen LogP contribution is 2.22. The molecule has 0 aliphatic carbocycles. The first-order valence-electron chi connectivity index (χ1n) is 8.84. The molecule has 0 bridgehead atoms. The summed E-state index contributed by atoms with van der Waals surface area (Å²) < 4.78 is 0. The molecule has 0 unspecified atom stereocenters. The van der Waals surface area contributed by atoms with E-state index in [0.29, 0.717) is 13.0 Å². The summed E-state index contributed by atoms with van der Waals surface area (Å²) in [6.45, 7) is 2.30. The number of aromatic amines is 1. The normalized spacial score (nSPS) is 14.2. The van der Waals surface area contributed by atoms with Crippen LogP contribution in [-0.2, 0) is 17.9 Å². The smallest absolute Gasteiger partial charge is 0.227 e. The zero-order valence-electron chi connectivity index (χ0n) is 14.5. The number of aromatic nitrogens is 3. The number of amides is 1. The summed E-state index contributed by atoms with van der Waals surface area (Å²) in [5.74, 6) is 0.221. The zero-order valence-corrected chi connectivity index (χ0v) is 14.5. The van der Waals surface area contributed by atoms with Crippen LogP contribution in [0.15, 0.2) is 55.0 Å². The summed E-state index contributed by atoms with van der Waals surface area (Å²) in [5.41, 5.74) is 5.31. The van der Waals surface area contributed by atoms with Crippen molar-refractivity contribution < 1.29 is 4.79 Å². The highest BCUT2D eigenvalue weighted by molar-refractivity contribution is 5.95. The van der Waals surface area contributed by atoms with E-state index in [9.17, 15) is 4.79 Å². The Labute approximate surface area is 152 Å². The van der Waals surface area contributed by atoms with E-state index in [1.807, 2.05) is 41.6 Å². The van der Waals surface area contributed by atoms with Crippen molar-refractivity contribution in [1.29, 1.82) is 0 Å². The molecule has 1 amide bonds. The van der Waals surface area contributed by atoms with Gasteiger partial charge in [-0.15, -0.1) is 0 Å². The van der Waals surface area contributed by atoms with Crippen molar-refractivity contribution in [1.82, 2.24) is 20.5 Å². The number of nitrogens with one attached hydrogen (secondary N) is 2. The molecule has 0 saturated carbocycles. The van der Waals surface area contributed by atoms with Crippen LogP contribution in [0.25, 0.3) is 11.3 Å². The van der Waals surface area contributed by atoms with Gasteiger partial charge in [-0.1, -0.05) is 12.1 Å². The molecular weight excluding hydrogens is 326 g/mol. The van der Waals surface area contributed by atoms with Crippen LogP contribution in [0.2, 0.25) is 0 Å². The van der Waals surface area contributed by atoms with Crippen LogP contribution in [0.3, 0.4) is 0 Å². The Morgan fingerprint density at radius 1 is 1.12 bits per heavy atom. The van der Waals surface area contributed by atoms with E-state index in [1.54, 1.807) is 6.20 Å². The van der Waals surface area contributed by atoms with E-state index in [1.165, 1.54) is 5.56 Å².